The molecule has 0 fully saturated rings. The molecule has 2 rings (SSSR count). The average molecular weight is 272 g/mol. The first kappa shape index (κ1) is 11.8. The zero-order valence-corrected chi connectivity index (χ0v) is 11.5. The summed E-state index contributed by atoms with van der Waals surface area (Å²) < 4.78 is 1.00. The molecule has 0 saturated heterocycles. The van der Waals surface area contributed by atoms with Crippen LogP contribution in [-0.4, -0.2) is 21.7 Å². The number of nitrogens with zero attached hydrogens (tertiary/aromatic N) is 3. The topological polar surface area (TPSA) is 50.7 Å². The molecule has 7 heteroatoms. The molecule has 0 unspecified atom stereocenters. The van der Waals surface area contributed by atoms with Crippen LogP contribution in [-0.2, 0) is 5.75 Å². The Balaban J connectivity index is 1.89. The van der Waals surface area contributed by atoms with Crippen LogP contribution in [0.3, 0.4) is 0 Å². The molecule has 0 aliphatic rings. The highest BCUT2D eigenvalue weighted by Crippen LogP contribution is 2.29. The van der Waals surface area contributed by atoms with E-state index in [9.17, 15) is 0 Å². The van der Waals surface area contributed by atoms with Crippen LogP contribution in [0.2, 0.25) is 0 Å². The zero-order valence-electron chi connectivity index (χ0n) is 9.06. The van der Waals surface area contributed by atoms with Crippen molar-refractivity contribution >= 4 is 39.6 Å². The van der Waals surface area contributed by atoms with Crippen molar-refractivity contribution in [2.45, 2.75) is 23.9 Å². The quantitative estimate of drug-likeness (QED) is 0.848. The summed E-state index contributed by atoms with van der Waals surface area (Å²) in [5.41, 5.74) is 0. The lowest BCUT2D eigenvalue weighted by Crippen LogP contribution is -1.94. The van der Waals surface area contributed by atoms with Crippen molar-refractivity contribution in [3.8, 4) is 0 Å². The number of anilines is 1. The number of nitrogens with one attached hydrogen (secondary N) is 1. The Hall–Kier alpha value is -0.660. The van der Waals surface area contributed by atoms with Crippen LogP contribution in [0.15, 0.2) is 10.5 Å². The Labute approximate surface area is 107 Å². The first-order valence-corrected chi connectivity index (χ1v) is 7.51. The standard InChI is InChI=1S/C9H12N4S3/c1-3-10-8-12-13-9(16-8)14-5-7-4-11-6(2)15-7/h4H,3,5H2,1-2H3,(H,10,12). The van der Waals surface area contributed by atoms with E-state index in [-0.39, 0.29) is 0 Å². The van der Waals surface area contributed by atoms with Gasteiger partial charge in [0.15, 0.2) is 4.34 Å². The van der Waals surface area contributed by atoms with E-state index in [2.05, 4.69) is 20.5 Å². The maximum Gasteiger partial charge on any atom is 0.206 e. The van der Waals surface area contributed by atoms with Crippen molar-refractivity contribution in [3.63, 3.8) is 0 Å². The molecule has 0 spiro atoms. The van der Waals surface area contributed by atoms with Crippen molar-refractivity contribution in [3.05, 3.63) is 16.1 Å². The third-order valence-electron chi connectivity index (χ3n) is 1.74. The molecular weight excluding hydrogens is 260 g/mol. The van der Waals surface area contributed by atoms with Crippen LogP contribution in [0, 0.1) is 6.92 Å². The van der Waals surface area contributed by atoms with Gasteiger partial charge in [-0.3, -0.25) is 0 Å². The molecule has 0 aliphatic carbocycles. The van der Waals surface area contributed by atoms with Crippen LogP contribution in [0.5, 0.6) is 0 Å². The van der Waals surface area contributed by atoms with E-state index in [0.717, 1.165) is 26.8 Å². The van der Waals surface area contributed by atoms with E-state index < -0.39 is 0 Å². The van der Waals surface area contributed by atoms with Gasteiger partial charge in [0.05, 0.1) is 5.01 Å². The monoisotopic (exact) mass is 272 g/mol. The van der Waals surface area contributed by atoms with Gasteiger partial charge in [-0.05, 0) is 13.8 Å². The molecule has 0 saturated carbocycles. The molecule has 16 heavy (non-hydrogen) atoms. The maximum absolute atomic E-state index is 4.22. The number of aromatic nitrogens is 3. The van der Waals surface area contributed by atoms with Gasteiger partial charge in [0.2, 0.25) is 5.13 Å². The molecule has 0 aromatic carbocycles. The first-order valence-electron chi connectivity index (χ1n) is 4.89. The van der Waals surface area contributed by atoms with Crippen LogP contribution in [0.4, 0.5) is 5.13 Å². The van der Waals surface area contributed by atoms with Crippen molar-refractivity contribution in [2.24, 2.45) is 0 Å². The minimum absolute atomic E-state index is 0.882. The van der Waals surface area contributed by atoms with Gasteiger partial charge in [-0.2, -0.15) is 0 Å². The molecule has 1 N–H and O–H groups in total. The molecular formula is C9H12N4S3. The summed E-state index contributed by atoms with van der Waals surface area (Å²) in [5.74, 6) is 0.923. The van der Waals surface area contributed by atoms with E-state index in [0.29, 0.717) is 0 Å². The predicted molar refractivity (Wildman–Crippen MR) is 70.5 cm³/mol. The highest BCUT2D eigenvalue weighted by atomic mass is 32.2. The lowest BCUT2D eigenvalue weighted by Gasteiger charge is -1.92. The second-order valence-electron chi connectivity index (χ2n) is 3.04. The number of thiazole rings is 1. The van der Waals surface area contributed by atoms with Crippen molar-refractivity contribution in [1.82, 2.24) is 15.2 Å². The minimum Gasteiger partial charge on any atom is -0.360 e. The minimum atomic E-state index is 0.882. The van der Waals surface area contributed by atoms with Crippen LogP contribution >= 0.6 is 34.4 Å². The van der Waals surface area contributed by atoms with Gasteiger partial charge in [-0.15, -0.1) is 21.5 Å². The number of aryl methyl sites for hydroxylation is 1. The summed E-state index contributed by atoms with van der Waals surface area (Å²) in [4.78, 5) is 5.50. The highest BCUT2D eigenvalue weighted by Gasteiger charge is 2.05. The Morgan fingerprint density at radius 2 is 2.25 bits per heavy atom. The smallest absolute Gasteiger partial charge is 0.206 e. The van der Waals surface area contributed by atoms with E-state index in [1.807, 2.05) is 20.0 Å². The fourth-order valence-electron chi connectivity index (χ4n) is 1.10. The van der Waals surface area contributed by atoms with Crippen LogP contribution in [0.25, 0.3) is 0 Å². The lowest BCUT2D eigenvalue weighted by molar-refractivity contribution is 1.00. The van der Waals surface area contributed by atoms with Gasteiger partial charge in [0, 0.05) is 23.4 Å². The second kappa shape index (κ2) is 5.60. The van der Waals surface area contributed by atoms with Crippen LogP contribution in [0.1, 0.15) is 16.8 Å². The van der Waals surface area contributed by atoms with Gasteiger partial charge in [-0.25, -0.2) is 4.98 Å². The molecule has 0 bridgehead atoms. The summed E-state index contributed by atoms with van der Waals surface area (Å²) >= 11 is 5.04. The number of rotatable bonds is 5. The van der Waals surface area contributed by atoms with E-state index in [1.54, 1.807) is 34.4 Å². The highest BCUT2D eigenvalue weighted by molar-refractivity contribution is 8.00. The largest absolute Gasteiger partial charge is 0.360 e. The van der Waals surface area contributed by atoms with Gasteiger partial charge >= 0.3 is 0 Å². The summed E-state index contributed by atoms with van der Waals surface area (Å²) in [6.45, 7) is 4.95. The number of hydrogen-bond acceptors (Lipinski definition) is 7. The van der Waals surface area contributed by atoms with Gasteiger partial charge in [0.25, 0.3) is 0 Å². The number of hydrogen-bond donors (Lipinski definition) is 1. The fourth-order valence-corrected chi connectivity index (χ4v) is 3.73. The second-order valence-corrected chi connectivity index (χ2v) is 6.56. The molecule has 0 radical (unpaired) electrons. The normalized spacial score (nSPS) is 10.6. The molecule has 0 atom stereocenters. The summed E-state index contributed by atoms with van der Waals surface area (Å²) in [6, 6.07) is 0. The Morgan fingerprint density at radius 1 is 1.38 bits per heavy atom. The van der Waals surface area contributed by atoms with Crippen molar-refractivity contribution < 1.29 is 0 Å². The summed E-state index contributed by atoms with van der Waals surface area (Å²) in [6.07, 6.45) is 1.93. The van der Waals surface area contributed by atoms with Crippen LogP contribution < -0.4 is 5.32 Å². The maximum atomic E-state index is 4.22. The fraction of sp³-hybridized carbons (Fsp3) is 0.444. The van der Waals surface area contributed by atoms with E-state index in [4.69, 9.17) is 0 Å². The van der Waals surface area contributed by atoms with Gasteiger partial charge < -0.3 is 5.32 Å². The third-order valence-corrected chi connectivity index (χ3v) is 4.90. The summed E-state index contributed by atoms with van der Waals surface area (Å²) in [5, 5.41) is 13.3. The van der Waals surface area contributed by atoms with Crippen molar-refractivity contribution in [1.29, 1.82) is 0 Å². The molecule has 4 nitrogen and oxygen atoms in total. The van der Waals surface area contributed by atoms with Gasteiger partial charge in [-0.1, -0.05) is 23.1 Å². The Morgan fingerprint density at radius 3 is 2.94 bits per heavy atom. The molecule has 0 amide bonds. The molecule has 0 aliphatic heterocycles. The van der Waals surface area contributed by atoms with E-state index in [1.165, 1.54) is 4.88 Å². The molecule has 86 valence electrons. The zero-order chi connectivity index (χ0) is 11.4. The first-order chi connectivity index (χ1) is 7.78. The third kappa shape index (κ3) is 3.16. The van der Waals surface area contributed by atoms with E-state index >= 15 is 0 Å². The number of thioether (sulfide) groups is 1. The predicted octanol–water partition coefficient (Wildman–Crippen LogP) is 3.03. The Bertz CT molecular complexity index is 451. The molecule has 2 aromatic heterocycles. The van der Waals surface area contributed by atoms with Crippen molar-refractivity contribution in [2.75, 3.05) is 11.9 Å². The summed E-state index contributed by atoms with van der Waals surface area (Å²) in [7, 11) is 0. The van der Waals surface area contributed by atoms with Gasteiger partial charge in [0.1, 0.15) is 0 Å². The lowest BCUT2D eigenvalue weighted by atomic mass is 10.6. The average Bonchev–Trinajstić information content (AvgIpc) is 2.85. The molecule has 2 aromatic rings. The SMILES string of the molecule is CCNc1nnc(SCc2cnc(C)s2)s1. The molecule has 2 heterocycles. The Kier molecular flexibility index (Phi) is 4.14.